The first-order chi connectivity index (χ1) is 9.78. The molecule has 0 saturated heterocycles. The average molecular weight is 267 g/mol. The van der Waals surface area contributed by atoms with Crippen molar-refractivity contribution in [3.8, 4) is 5.75 Å². The van der Waals surface area contributed by atoms with E-state index in [4.69, 9.17) is 4.74 Å². The Hall–Kier alpha value is -2.42. The van der Waals surface area contributed by atoms with Crippen molar-refractivity contribution in [2.24, 2.45) is 0 Å². The zero-order valence-corrected chi connectivity index (χ0v) is 11.1. The zero-order chi connectivity index (χ0) is 13.9. The second-order valence-corrected chi connectivity index (χ2v) is 4.62. The maximum Gasteiger partial charge on any atom is 0.144 e. The summed E-state index contributed by atoms with van der Waals surface area (Å²) in [5.74, 6) is 0.546. The van der Waals surface area contributed by atoms with Crippen molar-refractivity contribution < 1.29 is 9.13 Å². The van der Waals surface area contributed by atoms with Crippen LogP contribution in [-0.4, -0.2) is 12.1 Å². The highest BCUT2D eigenvalue weighted by Crippen LogP contribution is 2.27. The lowest BCUT2D eigenvalue weighted by atomic mass is 10.0. The summed E-state index contributed by atoms with van der Waals surface area (Å²) >= 11 is 0. The molecule has 2 aromatic carbocycles. The number of hydrogen-bond donors (Lipinski definition) is 0. The second-order valence-electron chi connectivity index (χ2n) is 4.62. The first kappa shape index (κ1) is 12.6. The molecule has 0 fully saturated rings. The molecule has 1 heterocycles. The largest absolute Gasteiger partial charge is 0.494 e. The van der Waals surface area contributed by atoms with Gasteiger partial charge in [-0.3, -0.25) is 4.98 Å². The third-order valence-corrected chi connectivity index (χ3v) is 3.35. The van der Waals surface area contributed by atoms with Gasteiger partial charge in [0.25, 0.3) is 0 Å². The number of ether oxygens (including phenoxy) is 1. The van der Waals surface area contributed by atoms with E-state index in [1.807, 2.05) is 24.3 Å². The highest BCUT2D eigenvalue weighted by Gasteiger charge is 2.08. The fourth-order valence-corrected chi connectivity index (χ4v) is 2.32. The van der Waals surface area contributed by atoms with Crippen molar-refractivity contribution in [1.82, 2.24) is 4.98 Å². The van der Waals surface area contributed by atoms with Gasteiger partial charge in [0, 0.05) is 17.2 Å². The highest BCUT2D eigenvalue weighted by atomic mass is 19.1. The summed E-state index contributed by atoms with van der Waals surface area (Å²) in [7, 11) is 1.64. The Morgan fingerprint density at radius 2 is 1.70 bits per heavy atom. The molecule has 0 aliphatic heterocycles. The van der Waals surface area contributed by atoms with Gasteiger partial charge in [-0.25, -0.2) is 4.39 Å². The van der Waals surface area contributed by atoms with Crippen LogP contribution in [0.4, 0.5) is 4.39 Å². The Morgan fingerprint density at radius 3 is 2.40 bits per heavy atom. The van der Waals surface area contributed by atoms with Gasteiger partial charge in [-0.05, 0) is 17.7 Å². The number of benzene rings is 2. The third-order valence-electron chi connectivity index (χ3n) is 3.35. The number of aromatic nitrogens is 1. The summed E-state index contributed by atoms with van der Waals surface area (Å²) in [6.45, 7) is 0. The van der Waals surface area contributed by atoms with Gasteiger partial charge < -0.3 is 4.74 Å². The van der Waals surface area contributed by atoms with Gasteiger partial charge in [0.15, 0.2) is 0 Å². The van der Waals surface area contributed by atoms with Gasteiger partial charge in [-0.15, -0.1) is 0 Å². The van der Waals surface area contributed by atoms with Gasteiger partial charge in [0.1, 0.15) is 11.6 Å². The molecule has 0 bridgehead atoms. The Kier molecular flexibility index (Phi) is 3.33. The summed E-state index contributed by atoms with van der Waals surface area (Å²) in [5.41, 5.74) is 2.00. The zero-order valence-electron chi connectivity index (χ0n) is 11.1. The summed E-state index contributed by atoms with van der Waals surface area (Å²) in [6.07, 6.45) is 2.41. The van der Waals surface area contributed by atoms with Crippen molar-refractivity contribution in [1.29, 1.82) is 0 Å². The van der Waals surface area contributed by atoms with Crippen LogP contribution < -0.4 is 4.74 Å². The molecule has 0 saturated carbocycles. The fraction of sp³-hybridized carbons (Fsp3) is 0.118. The summed E-state index contributed by atoms with van der Waals surface area (Å²) in [6, 6.07) is 14.5. The van der Waals surface area contributed by atoms with Crippen LogP contribution in [0.3, 0.4) is 0 Å². The number of pyridine rings is 1. The average Bonchev–Trinajstić information content (AvgIpc) is 2.50. The number of halogens is 1. The monoisotopic (exact) mass is 267 g/mol. The van der Waals surface area contributed by atoms with Crippen LogP contribution in [0.1, 0.15) is 11.3 Å². The molecule has 100 valence electrons. The number of rotatable bonds is 3. The van der Waals surface area contributed by atoms with Crippen LogP contribution in [0.5, 0.6) is 5.75 Å². The predicted octanol–water partition coefficient (Wildman–Crippen LogP) is 3.97. The Balaban J connectivity index is 2.06. The summed E-state index contributed by atoms with van der Waals surface area (Å²) < 4.78 is 18.3. The van der Waals surface area contributed by atoms with E-state index in [2.05, 4.69) is 4.98 Å². The maximum atomic E-state index is 12.9. The lowest BCUT2D eigenvalue weighted by Gasteiger charge is -2.09. The van der Waals surface area contributed by atoms with Crippen molar-refractivity contribution in [3.63, 3.8) is 0 Å². The molecule has 0 atom stereocenters. The van der Waals surface area contributed by atoms with E-state index >= 15 is 0 Å². The summed E-state index contributed by atoms with van der Waals surface area (Å²) in [5, 5.41) is 2.11. The van der Waals surface area contributed by atoms with E-state index < -0.39 is 0 Å². The Labute approximate surface area is 116 Å². The molecule has 3 heteroatoms. The van der Waals surface area contributed by atoms with Gasteiger partial charge in [0.05, 0.1) is 19.0 Å². The topological polar surface area (TPSA) is 22.1 Å². The number of methoxy groups -OCH3 is 1. The van der Waals surface area contributed by atoms with E-state index in [0.29, 0.717) is 6.42 Å². The number of fused-ring (bicyclic) bond motifs is 1. The van der Waals surface area contributed by atoms with E-state index in [1.54, 1.807) is 25.4 Å². The van der Waals surface area contributed by atoms with Crippen molar-refractivity contribution in [2.45, 2.75) is 6.42 Å². The molecular formula is C17H14FNO. The quantitative estimate of drug-likeness (QED) is 0.716. The minimum atomic E-state index is -0.221. The molecule has 20 heavy (non-hydrogen) atoms. The Morgan fingerprint density at radius 1 is 1.00 bits per heavy atom. The van der Waals surface area contributed by atoms with E-state index in [1.165, 1.54) is 12.1 Å². The molecule has 0 aliphatic carbocycles. The molecule has 0 radical (unpaired) electrons. The second kappa shape index (κ2) is 5.29. The molecule has 0 unspecified atom stereocenters. The predicted molar refractivity (Wildman–Crippen MR) is 77.5 cm³/mol. The maximum absolute atomic E-state index is 12.9. The minimum Gasteiger partial charge on any atom is -0.494 e. The molecular weight excluding hydrogens is 253 g/mol. The molecule has 0 N–H and O–H groups in total. The van der Waals surface area contributed by atoms with Gasteiger partial charge in [0.2, 0.25) is 0 Å². The van der Waals surface area contributed by atoms with Crippen LogP contribution in [0.2, 0.25) is 0 Å². The lowest BCUT2D eigenvalue weighted by molar-refractivity contribution is 0.418. The lowest BCUT2D eigenvalue weighted by Crippen LogP contribution is -1.96. The number of nitrogens with zero attached hydrogens (tertiary/aromatic N) is 1. The smallest absolute Gasteiger partial charge is 0.144 e. The first-order valence-corrected chi connectivity index (χ1v) is 6.43. The van der Waals surface area contributed by atoms with E-state index in [0.717, 1.165) is 27.8 Å². The van der Waals surface area contributed by atoms with Crippen LogP contribution >= 0.6 is 0 Å². The molecule has 3 aromatic rings. The molecule has 0 amide bonds. The molecule has 1 aromatic heterocycles. The SMILES string of the molecule is COc1cnc(Cc2ccc(F)cc2)c2ccccc12. The Bertz CT molecular complexity index is 738. The standard InChI is InChI=1S/C17H14FNO/c1-20-17-11-19-16(14-4-2-3-5-15(14)17)10-12-6-8-13(18)9-7-12/h2-9,11H,10H2,1H3. The van der Waals surface area contributed by atoms with Gasteiger partial charge in [-0.2, -0.15) is 0 Å². The first-order valence-electron chi connectivity index (χ1n) is 6.43. The van der Waals surface area contributed by atoms with Crippen LogP contribution in [0.15, 0.2) is 54.7 Å². The van der Waals surface area contributed by atoms with Crippen LogP contribution in [0.25, 0.3) is 10.8 Å². The van der Waals surface area contributed by atoms with Crippen molar-refractivity contribution in [3.05, 3.63) is 71.8 Å². The molecule has 0 aliphatic rings. The van der Waals surface area contributed by atoms with Gasteiger partial charge >= 0.3 is 0 Å². The fourth-order valence-electron chi connectivity index (χ4n) is 2.32. The van der Waals surface area contributed by atoms with Crippen molar-refractivity contribution in [2.75, 3.05) is 7.11 Å². The molecule has 3 rings (SSSR count). The summed E-state index contributed by atoms with van der Waals surface area (Å²) in [4.78, 5) is 4.48. The molecule has 0 spiro atoms. The minimum absolute atomic E-state index is 0.221. The van der Waals surface area contributed by atoms with Crippen molar-refractivity contribution >= 4 is 10.8 Å². The van der Waals surface area contributed by atoms with E-state index in [-0.39, 0.29) is 5.82 Å². The normalized spacial score (nSPS) is 10.7. The van der Waals surface area contributed by atoms with Crippen LogP contribution in [0, 0.1) is 5.82 Å². The van der Waals surface area contributed by atoms with Crippen LogP contribution in [-0.2, 0) is 6.42 Å². The number of hydrogen-bond acceptors (Lipinski definition) is 2. The highest BCUT2D eigenvalue weighted by molar-refractivity contribution is 5.89. The molecule has 2 nitrogen and oxygen atoms in total. The third kappa shape index (κ3) is 2.35. The van der Waals surface area contributed by atoms with Gasteiger partial charge in [-0.1, -0.05) is 36.4 Å². The van der Waals surface area contributed by atoms with E-state index in [9.17, 15) is 4.39 Å².